The Morgan fingerprint density at radius 2 is 2.11 bits per heavy atom. The Kier molecular flexibility index (Phi) is 4.58. The van der Waals surface area contributed by atoms with Crippen molar-refractivity contribution in [3.63, 3.8) is 0 Å². The van der Waals surface area contributed by atoms with E-state index in [-0.39, 0.29) is 5.91 Å². The summed E-state index contributed by atoms with van der Waals surface area (Å²) in [6.07, 6.45) is 1.56. The van der Waals surface area contributed by atoms with Crippen LogP contribution in [0.3, 0.4) is 0 Å². The van der Waals surface area contributed by atoms with Crippen LogP contribution in [0, 0.1) is 3.57 Å². The van der Waals surface area contributed by atoms with Gasteiger partial charge in [-0.15, -0.1) is 0 Å². The number of anilines is 1. The monoisotopic (exact) mass is 436 g/mol. The Hall–Kier alpha value is -0.660. The molecule has 1 N–H and O–H groups in total. The van der Waals surface area contributed by atoms with Gasteiger partial charge in [-0.1, -0.05) is 11.6 Å². The maximum Gasteiger partial charge on any atom is 0.255 e. The van der Waals surface area contributed by atoms with Gasteiger partial charge in [0, 0.05) is 15.3 Å². The highest BCUT2D eigenvalue weighted by atomic mass is 127. The van der Waals surface area contributed by atoms with E-state index in [1.54, 1.807) is 30.5 Å². The van der Waals surface area contributed by atoms with Gasteiger partial charge >= 0.3 is 0 Å². The first-order chi connectivity index (χ1) is 8.56. The van der Waals surface area contributed by atoms with Gasteiger partial charge in [-0.3, -0.25) is 4.79 Å². The number of halogens is 3. The molecule has 1 heterocycles. The normalized spacial score (nSPS) is 10.2. The molecule has 1 amide bonds. The van der Waals surface area contributed by atoms with Crippen molar-refractivity contribution in [2.45, 2.75) is 0 Å². The van der Waals surface area contributed by atoms with Crippen LogP contribution in [0.15, 0.2) is 41.1 Å². The molecule has 2 aromatic rings. The predicted molar refractivity (Wildman–Crippen MR) is 84.1 cm³/mol. The molecule has 2 rings (SSSR count). The van der Waals surface area contributed by atoms with Crippen LogP contribution in [0.5, 0.6) is 0 Å². The van der Waals surface area contributed by atoms with Crippen molar-refractivity contribution in [2.24, 2.45) is 0 Å². The number of hydrogen-bond donors (Lipinski definition) is 1. The molecule has 0 unspecified atom stereocenters. The highest BCUT2D eigenvalue weighted by molar-refractivity contribution is 14.1. The largest absolute Gasteiger partial charge is 0.321 e. The zero-order valence-electron chi connectivity index (χ0n) is 8.95. The molecule has 0 saturated heterocycles. The average molecular weight is 437 g/mol. The molecule has 0 aliphatic carbocycles. The van der Waals surface area contributed by atoms with Crippen LogP contribution in [-0.4, -0.2) is 10.9 Å². The number of carbonyl (C=O) groups is 1. The van der Waals surface area contributed by atoms with Crippen LogP contribution < -0.4 is 5.32 Å². The first kappa shape index (κ1) is 13.8. The first-order valence-electron chi connectivity index (χ1n) is 4.94. The second kappa shape index (κ2) is 5.99. The molecule has 0 atom stereocenters. The number of nitrogens with zero attached hydrogens (tertiary/aromatic N) is 1. The van der Waals surface area contributed by atoms with Gasteiger partial charge < -0.3 is 5.32 Å². The zero-order chi connectivity index (χ0) is 13.1. The number of carbonyl (C=O) groups excluding carboxylic acids is 1. The number of amides is 1. The molecule has 0 spiro atoms. The van der Waals surface area contributed by atoms with E-state index >= 15 is 0 Å². The van der Waals surface area contributed by atoms with Crippen LogP contribution >= 0.6 is 50.1 Å². The highest BCUT2D eigenvalue weighted by Gasteiger charge is 2.09. The van der Waals surface area contributed by atoms with Crippen LogP contribution in [0.1, 0.15) is 10.4 Å². The number of hydrogen-bond acceptors (Lipinski definition) is 2. The molecular formula is C12H7BrClIN2O. The van der Waals surface area contributed by atoms with E-state index in [1.165, 1.54) is 0 Å². The van der Waals surface area contributed by atoms with E-state index in [4.69, 9.17) is 11.6 Å². The number of aromatic nitrogens is 1. The SMILES string of the molecule is O=C(Nc1ccc(I)cc1Cl)c1ccnc(Br)c1. The molecule has 0 aliphatic rings. The molecule has 0 saturated carbocycles. The highest BCUT2D eigenvalue weighted by Crippen LogP contribution is 2.24. The maximum absolute atomic E-state index is 12.0. The Balaban J connectivity index is 2.21. The Labute approximate surface area is 131 Å². The molecule has 18 heavy (non-hydrogen) atoms. The Morgan fingerprint density at radius 3 is 2.78 bits per heavy atom. The minimum Gasteiger partial charge on any atom is -0.321 e. The van der Waals surface area contributed by atoms with Gasteiger partial charge in [-0.05, 0) is 68.9 Å². The third-order valence-electron chi connectivity index (χ3n) is 2.17. The average Bonchev–Trinajstić information content (AvgIpc) is 2.32. The predicted octanol–water partition coefficient (Wildman–Crippen LogP) is 4.35. The molecule has 0 aliphatic heterocycles. The van der Waals surface area contributed by atoms with E-state index in [2.05, 4.69) is 48.8 Å². The third kappa shape index (κ3) is 3.43. The fourth-order valence-corrected chi connectivity index (χ4v) is 2.60. The van der Waals surface area contributed by atoms with Crippen molar-refractivity contribution in [2.75, 3.05) is 5.32 Å². The lowest BCUT2D eigenvalue weighted by molar-refractivity contribution is 0.102. The van der Waals surface area contributed by atoms with Crippen molar-refractivity contribution in [3.05, 3.63) is 55.3 Å². The summed E-state index contributed by atoms with van der Waals surface area (Å²) in [5.41, 5.74) is 1.11. The lowest BCUT2D eigenvalue weighted by Gasteiger charge is -2.07. The van der Waals surface area contributed by atoms with Crippen LogP contribution in [0.25, 0.3) is 0 Å². The molecule has 0 bridgehead atoms. The summed E-state index contributed by atoms with van der Waals surface area (Å²) in [6.45, 7) is 0. The summed E-state index contributed by atoms with van der Waals surface area (Å²) >= 11 is 11.4. The molecule has 0 fully saturated rings. The molecule has 0 radical (unpaired) electrons. The standard InChI is InChI=1S/C12H7BrClIN2O/c13-11-5-7(3-4-16-11)12(18)17-10-2-1-8(15)6-9(10)14/h1-6H,(H,17,18). The number of benzene rings is 1. The third-order valence-corrected chi connectivity index (χ3v) is 3.59. The van der Waals surface area contributed by atoms with E-state index in [1.807, 2.05) is 6.07 Å². The van der Waals surface area contributed by atoms with Crippen molar-refractivity contribution >= 4 is 61.7 Å². The fourth-order valence-electron chi connectivity index (χ4n) is 1.33. The summed E-state index contributed by atoms with van der Waals surface area (Å²) in [6, 6.07) is 8.74. The second-order valence-corrected chi connectivity index (χ2v) is 5.91. The van der Waals surface area contributed by atoms with E-state index < -0.39 is 0 Å². The summed E-state index contributed by atoms with van der Waals surface area (Å²) in [4.78, 5) is 16.0. The van der Waals surface area contributed by atoms with Crippen molar-refractivity contribution in [1.82, 2.24) is 4.98 Å². The Bertz CT molecular complexity index is 606. The number of nitrogens with one attached hydrogen (secondary N) is 1. The lowest BCUT2D eigenvalue weighted by Crippen LogP contribution is -2.12. The molecule has 3 nitrogen and oxygen atoms in total. The van der Waals surface area contributed by atoms with Gasteiger partial charge in [0.2, 0.25) is 0 Å². The molecule has 92 valence electrons. The first-order valence-corrected chi connectivity index (χ1v) is 7.19. The van der Waals surface area contributed by atoms with E-state index in [0.717, 1.165) is 3.57 Å². The molecular weight excluding hydrogens is 430 g/mol. The van der Waals surface area contributed by atoms with Crippen LogP contribution in [0.2, 0.25) is 5.02 Å². The number of pyridine rings is 1. The van der Waals surface area contributed by atoms with Gasteiger partial charge in [0.25, 0.3) is 5.91 Å². The van der Waals surface area contributed by atoms with Gasteiger partial charge in [0.1, 0.15) is 4.60 Å². The van der Waals surface area contributed by atoms with Crippen molar-refractivity contribution in [3.8, 4) is 0 Å². The molecule has 1 aromatic heterocycles. The van der Waals surface area contributed by atoms with Crippen molar-refractivity contribution in [1.29, 1.82) is 0 Å². The van der Waals surface area contributed by atoms with Gasteiger partial charge in [0.05, 0.1) is 10.7 Å². The number of rotatable bonds is 2. The summed E-state index contributed by atoms with van der Waals surface area (Å²) in [7, 11) is 0. The van der Waals surface area contributed by atoms with E-state index in [0.29, 0.717) is 20.9 Å². The minimum atomic E-state index is -0.221. The van der Waals surface area contributed by atoms with Gasteiger partial charge in [-0.2, -0.15) is 0 Å². The zero-order valence-corrected chi connectivity index (χ0v) is 13.5. The summed E-state index contributed by atoms with van der Waals surface area (Å²) in [5, 5.41) is 3.28. The van der Waals surface area contributed by atoms with Gasteiger partial charge in [-0.25, -0.2) is 4.98 Å². The fraction of sp³-hybridized carbons (Fsp3) is 0. The molecule has 1 aromatic carbocycles. The van der Waals surface area contributed by atoms with Crippen LogP contribution in [-0.2, 0) is 0 Å². The minimum absolute atomic E-state index is 0.221. The lowest BCUT2D eigenvalue weighted by atomic mass is 10.2. The topological polar surface area (TPSA) is 42.0 Å². The quantitative estimate of drug-likeness (QED) is 0.561. The van der Waals surface area contributed by atoms with Crippen LogP contribution in [0.4, 0.5) is 5.69 Å². The summed E-state index contributed by atoms with van der Waals surface area (Å²) < 4.78 is 1.63. The van der Waals surface area contributed by atoms with Gasteiger partial charge in [0.15, 0.2) is 0 Å². The summed E-state index contributed by atoms with van der Waals surface area (Å²) in [5.74, 6) is -0.221. The maximum atomic E-state index is 12.0. The smallest absolute Gasteiger partial charge is 0.255 e. The molecule has 6 heteroatoms. The van der Waals surface area contributed by atoms with Crippen molar-refractivity contribution < 1.29 is 4.79 Å². The van der Waals surface area contributed by atoms with E-state index in [9.17, 15) is 4.79 Å². The second-order valence-electron chi connectivity index (χ2n) is 3.45. The Morgan fingerprint density at radius 1 is 1.33 bits per heavy atom.